The molecule has 1 aliphatic rings. The molecule has 1 unspecified atom stereocenters. The van der Waals surface area contributed by atoms with Crippen molar-refractivity contribution in [3.63, 3.8) is 0 Å². The van der Waals surface area contributed by atoms with Gasteiger partial charge in [-0.1, -0.05) is 11.6 Å². The minimum atomic E-state index is -3.61. The normalized spacial score (nSPS) is 17.8. The number of aliphatic imine (C=N–C) groups is 1. The number of allylic oxidation sites excluding steroid dienone is 1. The predicted octanol–water partition coefficient (Wildman–Crippen LogP) is 1.03. The van der Waals surface area contributed by atoms with Crippen LogP contribution in [0.25, 0.3) is 5.52 Å². The highest BCUT2D eigenvalue weighted by atomic mass is 32.2. The number of fused-ring (bicyclic) bond motifs is 1. The fourth-order valence-electron chi connectivity index (χ4n) is 2.87. The first-order valence-corrected chi connectivity index (χ1v) is 9.80. The highest BCUT2D eigenvalue weighted by Gasteiger charge is 2.26. The summed E-state index contributed by atoms with van der Waals surface area (Å²) in [5.41, 5.74) is 1.82. The van der Waals surface area contributed by atoms with E-state index in [0.717, 1.165) is 11.8 Å². The Morgan fingerprint density at radius 2 is 2.04 bits per heavy atom. The lowest BCUT2D eigenvalue weighted by molar-refractivity contribution is -0.120. The Balaban J connectivity index is 1.88. The second kappa shape index (κ2) is 6.49. The van der Waals surface area contributed by atoms with Crippen molar-refractivity contribution < 1.29 is 18.0 Å². The average molecular weight is 374 g/mol. The van der Waals surface area contributed by atoms with Crippen LogP contribution in [0.2, 0.25) is 0 Å². The van der Waals surface area contributed by atoms with Gasteiger partial charge in [0.2, 0.25) is 15.0 Å². The molecule has 0 aromatic carbocycles. The molecule has 2 aromatic rings. The molecule has 0 fully saturated rings. The lowest BCUT2D eigenvalue weighted by atomic mass is 9.96. The Hall–Kier alpha value is -2.81. The second-order valence-corrected chi connectivity index (χ2v) is 8.12. The second-order valence-electron chi connectivity index (χ2n) is 6.21. The number of dihydropyridines is 1. The van der Waals surface area contributed by atoms with Crippen molar-refractivity contribution in [3.8, 4) is 0 Å². The number of sulfone groups is 1. The first-order chi connectivity index (χ1) is 12.2. The average Bonchev–Trinajstić information content (AvgIpc) is 2.93. The lowest BCUT2D eigenvalue weighted by Gasteiger charge is -2.18. The van der Waals surface area contributed by atoms with E-state index in [1.165, 1.54) is 10.6 Å². The summed E-state index contributed by atoms with van der Waals surface area (Å²) in [7, 11) is -3.61. The van der Waals surface area contributed by atoms with Crippen molar-refractivity contribution >= 4 is 32.9 Å². The first-order valence-electron chi connectivity index (χ1n) is 7.91. The fourth-order valence-corrected chi connectivity index (χ4v) is 3.65. The van der Waals surface area contributed by atoms with Crippen LogP contribution in [0.5, 0.6) is 0 Å². The van der Waals surface area contributed by atoms with Crippen molar-refractivity contribution in [2.75, 3.05) is 12.8 Å². The number of pyridine rings is 1. The van der Waals surface area contributed by atoms with Gasteiger partial charge >= 0.3 is 0 Å². The summed E-state index contributed by atoms with van der Waals surface area (Å²) in [5.74, 6) is -1.39. The van der Waals surface area contributed by atoms with Gasteiger partial charge in [-0.2, -0.15) is 0 Å². The van der Waals surface area contributed by atoms with Crippen LogP contribution in [0.1, 0.15) is 24.3 Å². The summed E-state index contributed by atoms with van der Waals surface area (Å²) in [4.78, 5) is 32.5. The summed E-state index contributed by atoms with van der Waals surface area (Å²) in [6, 6.07) is 4.95. The van der Waals surface area contributed by atoms with Crippen molar-refractivity contribution in [2.45, 2.75) is 19.0 Å². The zero-order valence-electron chi connectivity index (χ0n) is 14.6. The Labute approximate surface area is 150 Å². The van der Waals surface area contributed by atoms with Crippen LogP contribution >= 0.6 is 0 Å². The zero-order chi connectivity index (χ0) is 19.1. The van der Waals surface area contributed by atoms with E-state index in [9.17, 15) is 18.0 Å². The summed E-state index contributed by atoms with van der Waals surface area (Å²) in [6.45, 7) is 3.61. The van der Waals surface area contributed by atoms with Crippen molar-refractivity contribution in [1.82, 2.24) is 14.7 Å². The van der Waals surface area contributed by atoms with Gasteiger partial charge in [0.25, 0.3) is 11.8 Å². The smallest absolute Gasteiger partial charge is 0.272 e. The van der Waals surface area contributed by atoms with Crippen molar-refractivity contribution in [1.29, 1.82) is 0 Å². The molecule has 26 heavy (non-hydrogen) atoms. The molecule has 136 valence electrons. The molecule has 0 saturated heterocycles. The molecule has 3 heterocycles. The van der Waals surface area contributed by atoms with Gasteiger partial charge in [0.1, 0.15) is 0 Å². The molecule has 1 N–H and O–H groups in total. The van der Waals surface area contributed by atoms with Crippen LogP contribution in [0.3, 0.4) is 0 Å². The van der Waals surface area contributed by atoms with Gasteiger partial charge in [-0.15, -0.1) is 0 Å². The highest BCUT2D eigenvalue weighted by Crippen LogP contribution is 2.19. The zero-order valence-corrected chi connectivity index (χ0v) is 15.4. The van der Waals surface area contributed by atoms with Crippen LogP contribution < -0.4 is 5.32 Å². The summed E-state index contributed by atoms with van der Waals surface area (Å²) in [6.07, 6.45) is 4.36. The van der Waals surface area contributed by atoms with E-state index in [1.807, 2.05) is 0 Å². The Bertz CT molecular complexity index is 1080. The van der Waals surface area contributed by atoms with Crippen LogP contribution in [-0.2, 0) is 14.6 Å². The third kappa shape index (κ3) is 3.30. The predicted molar refractivity (Wildman–Crippen MR) is 96.0 cm³/mol. The van der Waals surface area contributed by atoms with E-state index in [0.29, 0.717) is 11.2 Å². The molecule has 0 spiro atoms. The van der Waals surface area contributed by atoms with Crippen LogP contribution in [0, 0.1) is 5.92 Å². The van der Waals surface area contributed by atoms with Crippen molar-refractivity contribution in [3.05, 3.63) is 41.7 Å². The monoisotopic (exact) mass is 374 g/mol. The molecule has 2 aromatic heterocycles. The largest absolute Gasteiger partial charge is 0.349 e. The Morgan fingerprint density at radius 1 is 1.31 bits per heavy atom. The topological polar surface area (TPSA) is 110 Å². The molecule has 9 heteroatoms. The molecule has 1 aliphatic heterocycles. The minimum absolute atomic E-state index is 0.00408. The van der Waals surface area contributed by atoms with Gasteiger partial charge in [-0.3, -0.25) is 14.0 Å². The van der Waals surface area contributed by atoms with E-state index in [2.05, 4.69) is 15.3 Å². The quantitative estimate of drug-likeness (QED) is 0.859. The summed E-state index contributed by atoms with van der Waals surface area (Å²) >= 11 is 0. The number of rotatable bonds is 4. The molecule has 3 rings (SSSR count). The molecule has 1 atom stereocenters. The van der Waals surface area contributed by atoms with Gasteiger partial charge < -0.3 is 5.32 Å². The van der Waals surface area contributed by atoms with E-state index in [1.54, 1.807) is 38.1 Å². The van der Waals surface area contributed by atoms with E-state index in [-0.39, 0.29) is 23.3 Å². The maximum absolute atomic E-state index is 12.6. The number of imidazole rings is 1. The first kappa shape index (κ1) is 18.0. The number of carbonyl (C=O) groups is 2. The van der Waals surface area contributed by atoms with Gasteiger partial charge in [-0.05, 0) is 32.1 Å². The molecule has 8 nitrogen and oxygen atoms in total. The Kier molecular flexibility index (Phi) is 4.49. The van der Waals surface area contributed by atoms with E-state index >= 15 is 0 Å². The van der Waals surface area contributed by atoms with Gasteiger partial charge in [0.15, 0.2) is 5.69 Å². The number of amides is 2. The number of hydrogen-bond acceptors (Lipinski definition) is 5. The van der Waals surface area contributed by atoms with Crippen LogP contribution in [-0.4, -0.2) is 48.1 Å². The molecule has 0 saturated carbocycles. The molecular weight excluding hydrogens is 356 g/mol. The third-order valence-corrected chi connectivity index (χ3v) is 5.05. The third-order valence-electron chi connectivity index (χ3n) is 4.10. The molecular formula is C17H18N4O4S. The molecule has 0 bridgehead atoms. The van der Waals surface area contributed by atoms with E-state index < -0.39 is 21.7 Å². The molecule has 2 amide bonds. The summed E-state index contributed by atoms with van der Waals surface area (Å²) in [5, 5.41) is 2.46. The molecule has 0 radical (unpaired) electrons. The van der Waals surface area contributed by atoms with Gasteiger partial charge in [0.05, 0.1) is 11.4 Å². The number of nitrogens with zero attached hydrogens (tertiary/aromatic N) is 3. The number of hydrogen-bond donors (Lipinski definition) is 1. The summed E-state index contributed by atoms with van der Waals surface area (Å²) < 4.78 is 25.2. The van der Waals surface area contributed by atoms with Crippen LogP contribution in [0.15, 0.2) is 46.2 Å². The fraction of sp³-hybridized carbons (Fsp3) is 0.294. The van der Waals surface area contributed by atoms with Gasteiger partial charge in [-0.25, -0.2) is 18.4 Å². The highest BCUT2D eigenvalue weighted by molar-refractivity contribution is 7.90. The standard InChI is InChI=1S/C17H18N4O4S/c1-10-8-11(2)19-15(22)12(10)9-18-16(23)14-13-6-4-5-7-21(13)17(20-14)26(3,24)25/h4-8,12H,9H2,1-3H3,(H,18,23). The van der Waals surface area contributed by atoms with Crippen molar-refractivity contribution in [2.24, 2.45) is 10.9 Å². The number of carbonyl (C=O) groups excluding carboxylic acids is 2. The minimum Gasteiger partial charge on any atom is -0.349 e. The van der Waals surface area contributed by atoms with Crippen LogP contribution in [0.4, 0.5) is 0 Å². The number of aromatic nitrogens is 2. The Morgan fingerprint density at radius 3 is 2.69 bits per heavy atom. The lowest BCUT2D eigenvalue weighted by Crippen LogP contribution is -2.35. The maximum atomic E-state index is 12.6. The van der Waals surface area contributed by atoms with Gasteiger partial charge in [0, 0.05) is 24.7 Å². The van der Waals surface area contributed by atoms with E-state index in [4.69, 9.17) is 0 Å². The SMILES string of the molecule is CC1=CC(C)=NC(=O)C1CNC(=O)c1nc(S(C)(=O)=O)n2ccccc12. The maximum Gasteiger partial charge on any atom is 0.272 e. The molecule has 0 aliphatic carbocycles. The number of nitrogens with one attached hydrogen (secondary N) is 1.